The van der Waals surface area contributed by atoms with Crippen LogP contribution in [0.5, 0.6) is 5.88 Å². The molecule has 1 fully saturated rings. The molecule has 1 aliphatic heterocycles. The summed E-state index contributed by atoms with van der Waals surface area (Å²) < 4.78 is 60.9. The molecule has 0 unspecified atom stereocenters. The number of rotatable bonds is 6. The molecule has 3 aromatic rings. The van der Waals surface area contributed by atoms with E-state index in [4.69, 9.17) is 4.74 Å². The van der Waals surface area contributed by atoms with Crippen molar-refractivity contribution < 1.29 is 22.3 Å². The number of hydrogen-bond donors (Lipinski definition) is 2. The molecule has 6 nitrogen and oxygen atoms in total. The SMILES string of the molecule is COc1ccc(NCC#Cc2cc3c(N[C@@H]4CCN(C)C[C@@H]4F)cccc3n2CC(F)(F)F)cn1. The zero-order chi connectivity index (χ0) is 25.0. The molecule has 10 heteroatoms. The molecule has 0 amide bonds. The van der Waals surface area contributed by atoms with Crippen LogP contribution in [0, 0.1) is 11.8 Å². The maximum absolute atomic E-state index is 14.6. The van der Waals surface area contributed by atoms with Crippen molar-refractivity contribution in [3.8, 4) is 17.7 Å². The van der Waals surface area contributed by atoms with Crippen LogP contribution < -0.4 is 15.4 Å². The van der Waals surface area contributed by atoms with Gasteiger partial charge in [0.1, 0.15) is 12.7 Å². The first kappa shape index (κ1) is 24.7. The van der Waals surface area contributed by atoms with Crippen molar-refractivity contribution in [2.45, 2.75) is 31.4 Å². The molecule has 186 valence electrons. The third kappa shape index (κ3) is 6.17. The lowest BCUT2D eigenvalue weighted by Crippen LogP contribution is -2.46. The second kappa shape index (κ2) is 10.4. The lowest BCUT2D eigenvalue weighted by Gasteiger charge is -2.33. The highest BCUT2D eigenvalue weighted by Crippen LogP contribution is 2.31. The van der Waals surface area contributed by atoms with Crippen LogP contribution in [0.25, 0.3) is 10.9 Å². The van der Waals surface area contributed by atoms with Gasteiger partial charge in [0, 0.05) is 30.2 Å². The zero-order valence-electron chi connectivity index (χ0n) is 19.5. The normalized spacial score (nSPS) is 18.7. The zero-order valence-corrected chi connectivity index (χ0v) is 19.5. The van der Waals surface area contributed by atoms with E-state index >= 15 is 0 Å². The molecule has 1 aromatic carbocycles. The van der Waals surface area contributed by atoms with E-state index in [1.165, 1.54) is 7.11 Å². The summed E-state index contributed by atoms with van der Waals surface area (Å²) in [6.45, 7) is 0.109. The number of benzene rings is 1. The highest BCUT2D eigenvalue weighted by molar-refractivity contribution is 5.94. The summed E-state index contributed by atoms with van der Waals surface area (Å²) >= 11 is 0. The Morgan fingerprint density at radius 1 is 1.23 bits per heavy atom. The molecule has 0 radical (unpaired) electrons. The number of pyridine rings is 1. The number of ether oxygens (including phenoxy) is 1. The van der Waals surface area contributed by atoms with Gasteiger partial charge in [-0.2, -0.15) is 13.2 Å². The second-order valence-electron chi connectivity index (χ2n) is 8.53. The molecule has 0 aliphatic carbocycles. The van der Waals surface area contributed by atoms with Crippen molar-refractivity contribution in [3.05, 3.63) is 48.3 Å². The summed E-state index contributed by atoms with van der Waals surface area (Å²) in [7, 11) is 3.39. The van der Waals surface area contributed by atoms with E-state index in [0.29, 0.717) is 41.1 Å². The summed E-state index contributed by atoms with van der Waals surface area (Å²) in [6.07, 6.45) is -3.30. The number of fused-ring (bicyclic) bond motifs is 1. The average Bonchev–Trinajstić information content (AvgIpc) is 3.15. The van der Waals surface area contributed by atoms with E-state index in [1.807, 2.05) is 11.9 Å². The van der Waals surface area contributed by atoms with Crippen molar-refractivity contribution in [2.75, 3.05) is 44.4 Å². The molecule has 35 heavy (non-hydrogen) atoms. The summed E-state index contributed by atoms with van der Waals surface area (Å²) in [4.78, 5) is 6.01. The van der Waals surface area contributed by atoms with E-state index in [-0.39, 0.29) is 12.2 Å². The third-order valence-corrected chi connectivity index (χ3v) is 5.91. The van der Waals surface area contributed by atoms with Crippen molar-refractivity contribution >= 4 is 22.3 Å². The highest BCUT2D eigenvalue weighted by Gasteiger charge is 2.31. The number of alkyl halides is 4. The maximum Gasteiger partial charge on any atom is 0.406 e. The minimum Gasteiger partial charge on any atom is -0.481 e. The number of halogens is 4. The molecule has 2 atom stereocenters. The Morgan fingerprint density at radius 2 is 2.06 bits per heavy atom. The Labute approximate surface area is 201 Å². The van der Waals surface area contributed by atoms with Gasteiger partial charge in [-0.1, -0.05) is 12.0 Å². The van der Waals surface area contributed by atoms with Gasteiger partial charge in [-0.05, 0) is 43.7 Å². The van der Waals surface area contributed by atoms with Gasteiger partial charge >= 0.3 is 6.18 Å². The number of piperidine rings is 1. The van der Waals surface area contributed by atoms with Crippen molar-refractivity contribution in [1.29, 1.82) is 0 Å². The van der Waals surface area contributed by atoms with Crippen LogP contribution in [0.1, 0.15) is 12.1 Å². The molecule has 2 N–H and O–H groups in total. The molecule has 1 saturated heterocycles. The number of methoxy groups -OCH3 is 1. The largest absolute Gasteiger partial charge is 0.481 e. The van der Waals surface area contributed by atoms with Gasteiger partial charge < -0.3 is 24.8 Å². The van der Waals surface area contributed by atoms with Gasteiger partial charge in [-0.25, -0.2) is 9.37 Å². The summed E-state index contributed by atoms with van der Waals surface area (Å²) in [6, 6.07) is 9.76. The highest BCUT2D eigenvalue weighted by atomic mass is 19.4. The molecule has 1 aliphatic rings. The van der Waals surface area contributed by atoms with Crippen LogP contribution in [0.3, 0.4) is 0 Å². The van der Waals surface area contributed by atoms with Gasteiger partial charge in [0.05, 0.1) is 42.8 Å². The standard InChI is InChI=1S/C25H27F4N5O/c1-33-12-10-22(20(26)15-33)32-21-6-3-7-23-19(21)13-18(34(23)16-25(27,28)29)5-4-11-30-17-8-9-24(35-2)31-14-17/h3,6-9,13-14,20,22,30,32H,10-12,15-16H2,1-2H3/t20-,22+/m0/s1. The lowest BCUT2D eigenvalue weighted by molar-refractivity contribution is -0.140. The number of anilines is 2. The van der Waals surface area contributed by atoms with Gasteiger partial charge in [0.25, 0.3) is 0 Å². The van der Waals surface area contributed by atoms with E-state index in [0.717, 1.165) is 11.1 Å². The van der Waals surface area contributed by atoms with Crippen LogP contribution in [0.15, 0.2) is 42.6 Å². The lowest BCUT2D eigenvalue weighted by atomic mass is 10.0. The van der Waals surface area contributed by atoms with Crippen LogP contribution in [0.4, 0.5) is 28.9 Å². The third-order valence-electron chi connectivity index (χ3n) is 5.91. The van der Waals surface area contributed by atoms with Crippen LogP contribution in [-0.2, 0) is 6.54 Å². The van der Waals surface area contributed by atoms with E-state index in [2.05, 4.69) is 27.5 Å². The Morgan fingerprint density at radius 3 is 2.74 bits per heavy atom. The monoisotopic (exact) mass is 489 g/mol. The smallest absolute Gasteiger partial charge is 0.406 e. The number of nitrogens with zero attached hydrogens (tertiary/aromatic N) is 3. The Balaban J connectivity index is 1.59. The topological polar surface area (TPSA) is 54.4 Å². The van der Waals surface area contributed by atoms with Crippen LogP contribution >= 0.6 is 0 Å². The van der Waals surface area contributed by atoms with Crippen molar-refractivity contribution in [3.63, 3.8) is 0 Å². The van der Waals surface area contributed by atoms with Crippen LogP contribution in [0.2, 0.25) is 0 Å². The predicted molar refractivity (Wildman–Crippen MR) is 129 cm³/mol. The minimum atomic E-state index is -4.42. The van der Waals surface area contributed by atoms with Crippen molar-refractivity contribution in [1.82, 2.24) is 14.5 Å². The summed E-state index contributed by atoms with van der Waals surface area (Å²) in [5.74, 6) is 6.22. The van der Waals surface area contributed by atoms with E-state index < -0.39 is 24.9 Å². The van der Waals surface area contributed by atoms with Crippen LogP contribution in [-0.4, -0.2) is 66.6 Å². The molecule has 0 bridgehead atoms. The van der Waals surface area contributed by atoms with E-state index in [9.17, 15) is 17.6 Å². The van der Waals surface area contributed by atoms with Gasteiger partial charge in [0.15, 0.2) is 0 Å². The first-order valence-electron chi connectivity index (χ1n) is 11.2. The van der Waals surface area contributed by atoms with Crippen molar-refractivity contribution in [2.24, 2.45) is 0 Å². The Bertz CT molecular complexity index is 1210. The number of nitrogens with one attached hydrogen (secondary N) is 2. The summed E-state index contributed by atoms with van der Waals surface area (Å²) in [5.41, 5.74) is 1.95. The minimum absolute atomic E-state index is 0.214. The first-order chi connectivity index (χ1) is 16.7. The fourth-order valence-corrected chi connectivity index (χ4v) is 4.17. The molecule has 0 saturated carbocycles. The predicted octanol–water partition coefficient (Wildman–Crippen LogP) is 4.52. The molecule has 2 aromatic heterocycles. The quantitative estimate of drug-likeness (QED) is 0.394. The molecular formula is C25H27F4N5O. The van der Waals surface area contributed by atoms with Gasteiger partial charge in [0.2, 0.25) is 5.88 Å². The first-order valence-corrected chi connectivity index (χ1v) is 11.2. The fourth-order valence-electron chi connectivity index (χ4n) is 4.17. The Kier molecular flexibility index (Phi) is 7.36. The molecule has 4 rings (SSSR count). The maximum atomic E-state index is 14.6. The number of likely N-dealkylation sites (tertiary alicyclic amines) is 1. The van der Waals surface area contributed by atoms with Gasteiger partial charge in [-0.15, -0.1) is 0 Å². The number of hydrogen-bond acceptors (Lipinski definition) is 5. The van der Waals surface area contributed by atoms with E-state index in [1.54, 1.807) is 42.6 Å². The van der Waals surface area contributed by atoms with Gasteiger partial charge in [-0.3, -0.25) is 0 Å². The molecular weight excluding hydrogens is 462 g/mol. The summed E-state index contributed by atoms with van der Waals surface area (Å²) in [5, 5.41) is 6.87. The fraction of sp³-hybridized carbons (Fsp3) is 0.400. The second-order valence-corrected chi connectivity index (χ2v) is 8.53. The Hall–Kier alpha value is -3.45. The average molecular weight is 490 g/mol. The number of aromatic nitrogens is 2. The molecule has 0 spiro atoms. The molecule has 3 heterocycles.